The van der Waals surface area contributed by atoms with Gasteiger partial charge in [-0.05, 0) is 68.9 Å². The minimum absolute atomic E-state index is 0.264. The van der Waals surface area contributed by atoms with Crippen LogP contribution in [-0.4, -0.2) is 9.55 Å². The zero-order valence-corrected chi connectivity index (χ0v) is 14.6. The molecule has 0 bridgehead atoms. The third kappa shape index (κ3) is 2.46. The molecular formula is C14H8BrClFIN2. The van der Waals surface area contributed by atoms with E-state index in [4.69, 9.17) is 11.6 Å². The van der Waals surface area contributed by atoms with Crippen LogP contribution in [0.2, 0.25) is 0 Å². The van der Waals surface area contributed by atoms with Gasteiger partial charge in [0.1, 0.15) is 11.6 Å². The molecule has 0 atom stereocenters. The molecule has 0 aliphatic carbocycles. The van der Waals surface area contributed by atoms with Crippen molar-refractivity contribution in [3.8, 4) is 5.69 Å². The highest BCUT2D eigenvalue weighted by atomic mass is 127. The van der Waals surface area contributed by atoms with Gasteiger partial charge in [-0.25, -0.2) is 9.37 Å². The lowest BCUT2D eigenvalue weighted by atomic mass is 10.2. The van der Waals surface area contributed by atoms with Crippen molar-refractivity contribution in [1.82, 2.24) is 9.55 Å². The number of aromatic nitrogens is 2. The largest absolute Gasteiger partial charge is 0.295 e. The standard InChI is InChI=1S/C14H8BrClFIN2/c15-10-5-13-12(6-11(10)17)19-14(7-16)20(13)9-3-1-8(18)2-4-9/h1-6H,7H2. The molecule has 102 valence electrons. The molecule has 0 unspecified atom stereocenters. The van der Waals surface area contributed by atoms with Gasteiger partial charge in [0.15, 0.2) is 0 Å². The van der Waals surface area contributed by atoms with E-state index in [9.17, 15) is 4.39 Å². The lowest BCUT2D eigenvalue weighted by molar-refractivity contribution is 0.623. The zero-order chi connectivity index (χ0) is 14.3. The molecule has 0 amide bonds. The van der Waals surface area contributed by atoms with E-state index < -0.39 is 0 Å². The number of hydrogen-bond acceptors (Lipinski definition) is 1. The van der Waals surface area contributed by atoms with Crippen LogP contribution in [0.15, 0.2) is 40.9 Å². The fourth-order valence-corrected chi connectivity index (χ4v) is 2.96. The predicted octanol–water partition coefficient (Wildman–Crippen LogP) is 5.27. The van der Waals surface area contributed by atoms with Crippen molar-refractivity contribution in [3.63, 3.8) is 0 Å². The monoisotopic (exact) mass is 464 g/mol. The van der Waals surface area contributed by atoms with Crippen LogP contribution in [0.1, 0.15) is 5.82 Å². The van der Waals surface area contributed by atoms with E-state index in [0.717, 1.165) is 14.8 Å². The molecule has 0 aliphatic heterocycles. The summed E-state index contributed by atoms with van der Waals surface area (Å²) >= 11 is 11.4. The normalized spacial score (nSPS) is 11.2. The van der Waals surface area contributed by atoms with Gasteiger partial charge in [-0.2, -0.15) is 0 Å². The van der Waals surface area contributed by atoms with Gasteiger partial charge in [0, 0.05) is 15.3 Å². The highest BCUT2D eigenvalue weighted by Crippen LogP contribution is 2.27. The van der Waals surface area contributed by atoms with E-state index in [0.29, 0.717) is 15.8 Å². The first-order valence-electron chi connectivity index (χ1n) is 5.78. The van der Waals surface area contributed by atoms with E-state index in [-0.39, 0.29) is 11.7 Å². The van der Waals surface area contributed by atoms with Crippen LogP contribution in [-0.2, 0) is 5.88 Å². The summed E-state index contributed by atoms with van der Waals surface area (Å²) in [6, 6.07) is 11.2. The topological polar surface area (TPSA) is 17.8 Å². The van der Waals surface area contributed by atoms with Gasteiger partial charge in [0.05, 0.1) is 21.4 Å². The number of nitrogens with zero attached hydrogens (tertiary/aromatic N) is 2. The average Bonchev–Trinajstić information content (AvgIpc) is 2.78. The summed E-state index contributed by atoms with van der Waals surface area (Å²) in [4.78, 5) is 4.40. The van der Waals surface area contributed by atoms with E-state index in [2.05, 4.69) is 43.5 Å². The first-order valence-corrected chi connectivity index (χ1v) is 8.19. The van der Waals surface area contributed by atoms with Crippen molar-refractivity contribution >= 4 is 61.2 Å². The molecule has 0 radical (unpaired) electrons. The third-order valence-corrected chi connectivity index (χ3v) is 4.54. The zero-order valence-electron chi connectivity index (χ0n) is 10.1. The van der Waals surface area contributed by atoms with Crippen molar-refractivity contribution in [2.75, 3.05) is 0 Å². The minimum atomic E-state index is -0.328. The third-order valence-electron chi connectivity index (χ3n) is 2.97. The number of imidazole rings is 1. The smallest absolute Gasteiger partial charge is 0.139 e. The van der Waals surface area contributed by atoms with E-state index >= 15 is 0 Å². The molecule has 3 aromatic rings. The molecule has 20 heavy (non-hydrogen) atoms. The van der Waals surface area contributed by atoms with Gasteiger partial charge in [-0.3, -0.25) is 4.57 Å². The first kappa shape index (κ1) is 14.3. The van der Waals surface area contributed by atoms with Crippen LogP contribution in [0.4, 0.5) is 4.39 Å². The maximum Gasteiger partial charge on any atom is 0.139 e. The Labute approximate surface area is 142 Å². The van der Waals surface area contributed by atoms with Gasteiger partial charge in [-0.15, -0.1) is 11.6 Å². The molecule has 3 rings (SSSR count). The SMILES string of the molecule is Fc1cc2nc(CCl)n(-c3ccc(I)cc3)c2cc1Br. The Morgan fingerprint density at radius 3 is 2.60 bits per heavy atom. The Bertz CT molecular complexity index is 786. The van der Waals surface area contributed by atoms with E-state index in [1.54, 1.807) is 6.07 Å². The second-order valence-corrected chi connectivity index (χ2v) is 6.60. The molecule has 0 saturated heterocycles. The van der Waals surface area contributed by atoms with E-state index in [1.807, 2.05) is 28.8 Å². The summed E-state index contributed by atoms with van der Waals surface area (Å²) in [6.07, 6.45) is 0. The quantitative estimate of drug-likeness (QED) is 0.373. The van der Waals surface area contributed by atoms with Gasteiger partial charge in [-0.1, -0.05) is 0 Å². The summed E-state index contributed by atoms with van der Waals surface area (Å²) < 4.78 is 17.1. The summed E-state index contributed by atoms with van der Waals surface area (Å²) in [5, 5.41) is 0. The number of fused-ring (bicyclic) bond motifs is 1. The Hall–Kier alpha value is -0.660. The van der Waals surface area contributed by atoms with Crippen molar-refractivity contribution in [1.29, 1.82) is 0 Å². The van der Waals surface area contributed by atoms with Crippen LogP contribution < -0.4 is 0 Å². The second-order valence-electron chi connectivity index (χ2n) is 4.23. The molecule has 0 aliphatic rings. The summed E-state index contributed by atoms with van der Waals surface area (Å²) in [5.41, 5.74) is 2.39. The van der Waals surface area contributed by atoms with Crippen LogP contribution in [0.25, 0.3) is 16.7 Å². The highest BCUT2D eigenvalue weighted by Gasteiger charge is 2.14. The summed E-state index contributed by atoms with van der Waals surface area (Å²) in [5.74, 6) is 0.631. The molecule has 1 heterocycles. The van der Waals surface area contributed by atoms with Gasteiger partial charge >= 0.3 is 0 Å². The molecule has 2 nitrogen and oxygen atoms in total. The second kappa shape index (κ2) is 5.61. The molecule has 0 N–H and O–H groups in total. The van der Waals surface area contributed by atoms with Gasteiger partial charge in [0.2, 0.25) is 0 Å². The van der Waals surface area contributed by atoms with Gasteiger partial charge < -0.3 is 0 Å². The first-order chi connectivity index (χ1) is 9.60. The van der Waals surface area contributed by atoms with Crippen LogP contribution >= 0.6 is 50.1 Å². The molecule has 0 fully saturated rings. The van der Waals surface area contributed by atoms with Crippen molar-refractivity contribution in [3.05, 3.63) is 56.1 Å². The lowest BCUT2D eigenvalue weighted by Crippen LogP contribution is -1.99. The molecule has 0 spiro atoms. The van der Waals surface area contributed by atoms with Gasteiger partial charge in [0.25, 0.3) is 0 Å². The predicted molar refractivity (Wildman–Crippen MR) is 91.0 cm³/mol. The highest BCUT2D eigenvalue weighted by molar-refractivity contribution is 14.1. The van der Waals surface area contributed by atoms with Crippen LogP contribution in [0, 0.1) is 9.39 Å². The summed E-state index contributed by atoms with van der Waals surface area (Å²) in [7, 11) is 0. The molecule has 0 saturated carbocycles. The molecule has 1 aromatic heterocycles. The van der Waals surface area contributed by atoms with Crippen LogP contribution in [0.3, 0.4) is 0 Å². The number of rotatable bonds is 2. The molecule has 2 aromatic carbocycles. The molecular weight excluding hydrogens is 457 g/mol. The van der Waals surface area contributed by atoms with Crippen molar-refractivity contribution in [2.24, 2.45) is 0 Å². The van der Waals surface area contributed by atoms with Crippen molar-refractivity contribution < 1.29 is 4.39 Å². The fourth-order valence-electron chi connectivity index (χ4n) is 2.09. The minimum Gasteiger partial charge on any atom is -0.295 e. The Morgan fingerprint density at radius 2 is 1.95 bits per heavy atom. The maximum absolute atomic E-state index is 13.6. The van der Waals surface area contributed by atoms with E-state index in [1.165, 1.54) is 6.07 Å². The maximum atomic E-state index is 13.6. The Balaban J connectivity index is 2.32. The number of halogens is 4. The number of benzene rings is 2. The Kier molecular flexibility index (Phi) is 4.01. The number of hydrogen-bond donors (Lipinski definition) is 0. The van der Waals surface area contributed by atoms with Crippen LogP contribution in [0.5, 0.6) is 0 Å². The average molecular weight is 465 g/mol. The van der Waals surface area contributed by atoms with Crippen molar-refractivity contribution in [2.45, 2.75) is 5.88 Å². The number of alkyl halides is 1. The fraction of sp³-hybridized carbons (Fsp3) is 0.0714. The Morgan fingerprint density at radius 1 is 1.25 bits per heavy atom. The summed E-state index contributed by atoms with van der Waals surface area (Å²) in [6.45, 7) is 0. The lowest BCUT2D eigenvalue weighted by Gasteiger charge is -2.08. The molecule has 6 heteroatoms.